The van der Waals surface area contributed by atoms with Crippen molar-refractivity contribution < 1.29 is 14.4 Å². The summed E-state index contributed by atoms with van der Waals surface area (Å²) in [7, 11) is 0. The van der Waals surface area contributed by atoms with Crippen LogP contribution in [0.4, 0.5) is 5.69 Å². The fourth-order valence-electron chi connectivity index (χ4n) is 4.66. The molecule has 1 heterocycles. The van der Waals surface area contributed by atoms with Gasteiger partial charge in [0.25, 0.3) is 0 Å². The number of carbonyl (C=O) groups excluding carboxylic acids is 3. The van der Waals surface area contributed by atoms with Gasteiger partial charge in [0.05, 0.1) is 11.8 Å². The van der Waals surface area contributed by atoms with Gasteiger partial charge >= 0.3 is 0 Å². The van der Waals surface area contributed by atoms with Gasteiger partial charge in [0.1, 0.15) is 0 Å². The third-order valence-electron chi connectivity index (χ3n) is 5.71. The first-order valence-corrected chi connectivity index (χ1v) is 9.53. The minimum Gasteiger partial charge on any atom is -0.326 e. The Hall–Kier alpha value is -1.44. The lowest BCUT2D eigenvalue weighted by molar-refractivity contribution is -0.140. The summed E-state index contributed by atoms with van der Waals surface area (Å²) >= 11 is 2.20. The standard InChI is InChI=1S/C18H19IN2O3/c19-12-3-5-13(6-4-12)20-14(22)7-8-21-17(23)15-10-1-2-11(9-10)16(15)18(21)24/h3-6,10-11,15-16H,1-2,7-9H2,(H,20,22)/t10-,11+,15-,16+. The Morgan fingerprint density at radius 1 is 1.08 bits per heavy atom. The van der Waals surface area contributed by atoms with Crippen LogP contribution in [0.2, 0.25) is 0 Å². The molecule has 0 spiro atoms. The summed E-state index contributed by atoms with van der Waals surface area (Å²) in [5, 5.41) is 2.81. The van der Waals surface area contributed by atoms with Crippen molar-refractivity contribution in [2.75, 3.05) is 11.9 Å². The van der Waals surface area contributed by atoms with Crippen molar-refractivity contribution in [2.45, 2.75) is 25.7 Å². The Morgan fingerprint density at radius 2 is 1.67 bits per heavy atom. The smallest absolute Gasteiger partial charge is 0.233 e. The molecule has 1 aromatic rings. The van der Waals surface area contributed by atoms with Gasteiger partial charge in [0.15, 0.2) is 0 Å². The van der Waals surface area contributed by atoms with E-state index in [1.165, 1.54) is 4.90 Å². The van der Waals surface area contributed by atoms with Crippen molar-refractivity contribution >= 4 is 46.0 Å². The van der Waals surface area contributed by atoms with Crippen LogP contribution in [0.25, 0.3) is 0 Å². The number of nitrogens with one attached hydrogen (secondary N) is 1. The van der Waals surface area contributed by atoms with Crippen LogP contribution in [0.15, 0.2) is 24.3 Å². The highest BCUT2D eigenvalue weighted by molar-refractivity contribution is 14.1. The van der Waals surface area contributed by atoms with Crippen LogP contribution in [0.5, 0.6) is 0 Å². The SMILES string of the molecule is O=C(CCN1C(=O)[C@@H]2[C@@H]3CC[C@@H](C3)[C@@H]2C1=O)Nc1ccc(I)cc1. The Labute approximate surface area is 154 Å². The maximum Gasteiger partial charge on any atom is 0.233 e. The maximum atomic E-state index is 12.6. The predicted molar refractivity (Wildman–Crippen MR) is 96.9 cm³/mol. The minimum absolute atomic E-state index is 0.0423. The molecule has 5 nitrogen and oxygen atoms in total. The van der Waals surface area contributed by atoms with E-state index >= 15 is 0 Å². The largest absolute Gasteiger partial charge is 0.326 e. The van der Waals surface area contributed by atoms with E-state index in [-0.39, 0.29) is 42.5 Å². The quantitative estimate of drug-likeness (QED) is 0.581. The summed E-state index contributed by atoms with van der Waals surface area (Å²) < 4.78 is 1.10. The molecule has 1 N–H and O–H groups in total. The molecular formula is C18H19IN2O3. The monoisotopic (exact) mass is 438 g/mol. The van der Waals surface area contributed by atoms with E-state index < -0.39 is 0 Å². The Morgan fingerprint density at radius 3 is 2.25 bits per heavy atom. The molecule has 4 rings (SSSR count). The second-order valence-electron chi connectivity index (χ2n) is 7.02. The molecule has 3 aliphatic rings. The molecule has 4 atom stereocenters. The van der Waals surface area contributed by atoms with E-state index in [1.807, 2.05) is 24.3 Å². The minimum atomic E-state index is -0.170. The average molecular weight is 438 g/mol. The van der Waals surface area contributed by atoms with Gasteiger partial charge in [-0.1, -0.05) is 0 Å². The normalized spacial score (nSPS) is 30.8. The highest BCUT2D eigenvalue weighted by Gasteiger charge is 2.60. The number of halogens is 1. The molecule has 1 aliphatic heterocycles. The number of nitrogens with zero attached hydrogens (tertiary/aromatic N) is 1. The van der Waals surface area contributed by atoms with Crippen LogP contribution in [-0.4, -0.2) is 29.2 Å². The lowest BCUT2D eigenvalue weighted by Crippen LogP contribution is -2.35. The summed E-state index contributed by atoms with van der Waals surface area (Å²) in [5.74, 6) is 0.325. The topological polar surface area (TPSA) is 66.5 Å². The number of benzene rings is 1. The zero-order valence-electron chi connectivity index (χ0n) is 13.2. The van der Waals surface area contributed by atoms with Crippen LogP contribution in [0.1, 0.15) is 25.7 Å². The summed E-state index contributed by atoms with van der Waals surface area (Å²) in [6.45, 7) is 0.195. The summed E-state index contributed by atoms with van der Waals surface area (Å²) in [5.41, 5.74) is 0.731. The molecule has 2 saturated carbocycles. The van der Waals surface area contributed by atoms with Gasteiger partial charge in [-0.05, 0) is 78.0 Å². The summed E-state index contributed by atoms with van der Waals surface area (Å²) in [6, 6.07) is 7.52. The number of rotatable bonds is 4. The summed E-state index contributed by atoms with van der Waals surface area (Å²) in [4.78, 5) is 38.6. The van der Waals surface area contributed by atoms with E-state index in [2.05, 4.69) is 27.9 Å². The zero-order valence-corrected chi connectivity index (χ0v) is 15.4. The molecule has 3 fully saturated rings. The molecule has 1 saturated heterocycles. The van der Waals surface area contributed by atoms with Crippen molar-refractivity contribution in [2.24, 2.45) is 23.7 Å². The number of carbonyl (C=O) groups is 3. The molecule has 6 heteroatoms. The number of fused-ring (bicyclic) bond motifs is 5. The third kappa shape index (κ3) is 2.64. The molecule has 0 radical (unpaired) electrons. The van der Waals surface area contributed by atoms with Crippen molar-refractivity contribution in [3.05, 3.63) is 27.8 Å². The van der Waals surface area contributed by atoms with Crippen LogP contribution >= 0.6 is 22.6 Å². The van der Waals surface area contributed by atoms with E-state index in [0.29, 0.717) is 11.8 Å². The maximum absolute atomic E-state index is 12.6. The van der Waals surface area contributed by atoms with E-state index in [0.717, 1.165) is 28.5 Å². The van der Waals surface area contributed by atoms with Crippen LogP contribution < -0.4 is 5.32 Å². The van der Waals surface area contributed by atoms with E-state index in [9.17, 15) is 14.4 Å². The van der Waals surface area contributed by atoms with Crippen molar-refractivity contribution in [3.8, 4) is 0 Å². The highest BCUT2D eigenvalue weighted by atomic mass is 127. The number of amides is 3. The highest BCUT2D eigenvalue weighted by Crippen LogP contribution is 2.56. The van der Waals surface area contributed by atoms with Crippen molar-refractivity contribution in [1.82, 2.24) is 4.90 Å². The second-order valence-corrected chi connectivity index (χ2v) is 8.26. The van der Waals surface area contributed by atoms with Gasteiger partial charge in [-0.3, -0.25) is 19.3 Å². The average Bonchev–Trinajstić information content (AvgIpc) is 3.23. The van der Waals surface area contributed by atoms with Gasteiger partial charge in [-0.15, -0.1) is 0 Å². The Bertz CT molecular complexity index is 675. The van der Waals surface area contributed by atoms with Gasteiger partial charge in [-0.25, -0.2) is 0 Å². The molecule has 1 aromatic carbocycles. The predicted octanol–water partition coefficient (Wildman–Crippen LogP) is 2.65. The van der Waals surface area contributed by atoms with Crippen molar-refractivity contribution in [1.29, 1.82) is 0 Å². The lowest BCUT2D eigenvalue weighted by Gasteiger charge is -2.19. The first kappa shape index (κ1) is 16.1. The zero-order chi connectivity index (χ0) is 16.8. The number of imide groups is 1. The van der Waals surface area contributed by atoms with Crippen molar-refractivity contribution in [3.63, 3.8) is 0 Å². The van der Waals surface area contributed by atoms with Crippen LogP contribution in [-0.2, 0) is 14.4 Å². The first-order valence-electron chi connectivity index (χ1n) is 8.45. The van der Waals surface area contributed by atoms with Gasteiger partial charge in [0, 0.05) is 22.2 Å². The number of anilines is 1. The molecule has 2 aliphatic carbocycles. The van der Waals surface area contributed by atoms with E-state index in [4.69, 9.17) is 0 Å². The number of hydrogen-bond donors (Lipinski definition) is 1. The molecule has 126 valence electrons. The second kappa shape index (κ2) is 6.13. The van der Waals surface area contributed by atoms with Gasteiger partial charge in [0.2, 0.25) is 17.7 Å². The molecular weight excluding hydrogens is 419 g/mol. The Kier molecular flexibility index (Phi) is 4.10. The van der Waals surface area contributed by atoms with Crippen LogP contribution in [0, 0.1) is 27.2 Å². The fraction of sp³-hybridized carbons (Fsp3) is 0.500. The van der Waals surface area contributed by atoms with E-state index in [1.54, 1.807) is 0 Å². The van der Waals surface area contributed by atoms with Gasteiger partial charge < -0.3 is 5.32 Å². The van der Waals surface area contributed by atoms with Crippen LogP contribution in [0.3, 0.4) is 0 Å². The number of hydrogen-bond acceptors (Lipinski definition) is 3. The first-order chi connectivity index (χ1) is 11.5. The third-order valence-corrected chi connectivity index (χ3v) is 6.43. The summed E-state index contributed by atoms with van der Waals surface area (Å²) in [6.07, 6.45) is 3.34. The molecule has 3 amide bonds. The fourth-order valence-corrected chi connectivity index (χ4v) is 5.02. The number of likely N-dealkylation sites (tertiary alicyclic amines) is 1. The molecule has 2 bridgehead atoms. The molecule has 0 aromatic heterocycles. The Balaban J connectivity index is 1.36. The van der Waals surface area contributed by atoms with Gasteiger partial charge in [-0.2, -0.15) is 0 Å². The molecule has 0 unspecified atom stereocenters. The lowest BCUT2D eigenvalue weighted by atomic mass is 9.81. The molecule has 24 heavy (non-hydrogen) atoms.